The fourth-order valence-electron chi connectivity index (χ4n) is 0.483. The maximum absolute atomic E-state index is 11.6. The van der Waals surface area contributed by atoms with Crippen LogP contribution in [0.5, 0.6) is 0 Å². The van der Waals surface area contributed by atoms with Crippen LogP contribution in [0.3, 0.4) is 0 Å². The maximum atomic E-state index is 11.6. The average molecular weight is 137 g/mol. The molecule has 1 aliphatic rings. The predicted octanol–water partition coefficient (Wildman–Crippen LogP) is 0.554. The minimum absolute atomic E-state index is 0.958. The van der Waals surface area contributed by atoms with Crippen molar-refractivity contribution in [2.24, 2.45) is 0 Å². The van der Waals surface area contributed by atoms with Gasteiger partial charge in [0.2, 0.25) is 0 Å². The van der Waals surface area contributed by atoms with Crippen molar-refractivity contribution < 1.29 is 13.2 Å². The van der Waals surface area contributed by atoms with Crippen molar-refractivity contribution in [3.05, 3.63) is 12.3 Å². The molecular weight excluding hydrogens is 133 g/mol. The molecule has 0 aromatic rings. The highest BCUT2D eigenvalue weighted by Crippen LogP contribution is 2.22. The highest BCUT2D eigenvalue weighted by molar-refractivity contribution is 5.00. The van der Waals surface area contributed by atoms with Gasteiger partial charge in [-0.15, -0.1) is 5.43 Å². The number of halogens is 3. The fraction of sp³-hybridized carbons (Fsp3) is 0.500. The molecule has 9 heavy (non-hydrogen) atoms. The topological polar surface area (TPSA) is 26.1 Å². The maximum Gasteiger partial charge on any atom is 0.410 e. The van der Waals surface area contributed by atoms with E-state index in [1.54, 1.807) is 0 Å². The number of nitrogens with one attached hydrogen (secondary N) is 1. The van der Waals surface area contributed by atoms with Gasteiger partial charge >= 0.3 is 6.18 Å². The minimum Gasteiger partial charge on any atom is -0.311 e. The van der Waals surface area contributed by atoms with Crippen molar-refractivity contribution in [1.29, 1.82) is 0 Å². The van der Waals surface area contributed by atoms with Gasteiger partial charge in [-0.3, -0.25) is 0 Å². The number of nitrogens with zero attached hydrogens (tertiary/aromatic N) is 1. The molecule has 1 atom stereocenters. The molecule has 1 heterocycles. The second-order valence-corrected chi connectivity index (χ2v) is 1.60. The molecule has 1 rings (SSSR count). The minimum atomic E-state index is -4.24. The largest absolute Gasteiger partial charge is 0.410 e. The Bertz CT molecular complexity index is 128. The second-order valence-electron chi connectivity index (χ2n) is 1.60. The molecule has 0 aromatic carbocycles. The predicted molar refractivity (Wildman–Crippen MR) is 24.3 cm³/mol. The molecule has 0 amide bonds. The van der Waals surface area contributed by atoms with Gasteiger partial charge in [-0.25, -0.2) is 0 Å². The van der Waals surface area contributed by atoms with Crippen LogP contribution in [-0.2, 0) is 0 Å². The summed E-state index contributed by atoms with van der Waals surface area (Å²) in [4.78, 5) is 0. The van der Waals surface area contributed by atoms with E-state index in [1.165, 1.54) is 0 Å². The van der Waals surface area contributed by atoms with E-state index >= 15 is 0 Å². The van der Waals surface area contributed by atoms with Crippen molar-refractivity contribution in [1.82, 2.24) is 10.9 Å². The molecule has 0 aromatic heterocycles. The summed E-state index contributed by atoms with van der Waals surface area (Å²) in [5, 5.41) is 0. The molecule has 5 heteroatoms. The van der Waals surface area contributed by atoms with Gasteiger partial charge < -0.3 is 5.43 Å². The van der Waals surface area contributed by atoms with Gasteiger partial charge in [-0.1, -0.05) is 0 Å². The molecule has 1 radical (unpaired) electrons. The van der Waals surface area contributed by atoms with Crippen LogP contribution < -0.4 is 10.9 Å². The van der Waals surface area contributed by atoms with E-state index in [0.717, 1.165) is 12.3 Å². The van der Waals surface area contributed by atoms with Gasteiger partial charge in [0.1, 0.15) is 0 Å². The lowest BCUT2D eigenvalue weighted by molar-refractivity contribution is -0.144. The van der Waals surface area contributed by atoms with Crippen molar-refractivity contribution in [3.63, 3.8) is 0 Å². The standard InChI is InChI=1S/C4H4F3N2/c5-4(6,7)3-1-2-8-9-3/h1-3,8H. The molecule has 2 nitrogen and oxygen atoms in total. The number of hydrogen-bond acceptors (Lipinski definition) is 1. The van der Waals surface area contributed by atoms with Crippen LogP contribution >= 0.6 is 0 Å². The first-order valence-corrected chi connectivity index (χ1v) is 2.29. The molecule has 51 valence electrons. The molecule has 0 spiro atoms. The Morgan fingerprint density at radius 3 is 2.33 bits per heavy atom. The summed E-state index contributed by atoms with van der Waals surface area (Å²) in [6.45, 7) is 0. The Labute approximate surface area is 49.7 Å². The summed E-state index contributed by atoms with van der Waals surface area (Å²) in [6.07, 6.45) is -2.11. The molecule has 0 saturated heterocycles. The third kappa shape index (κ3) is 1.35. The first-order chi connectivity index (χ1) is 4.11. The van der Waals surface area contributed by atoms with Crippen molar-refractivity contribution >= 4 is 0 Å². The lowest BCUT2D eigenvalue weighted by Crippen LogP contribution is -2.35. The average Bonchev–Trinajstić information content (AvgIpc) is 2.08. The first-order valence-electron chi connectivity index (χ1n) is 2.29. The van der Waals surface area contributed by atoms with E-state index in [2.05, 4.69) is 10.9 Å². The zero-order valence-corrected chi connectivity index (χ0v) is 4.31. The third-order valence-electron chi connectivity index (χ3n) is 0.902. The Kier molecular flexibility index (Phi) is 1.36. The van der Waals surface area contributed by atoms with Crippen LogP contribution in [-0.4, -0.2) is 12.2 Å². The summed E-state index contributed by atoms with van der Waals surface area (Å²) < 4.78 is 34.7. The van der Waals surface area contributed by atoms with Crippen LogP contribution in [0.2, 0.25) is 0 Å². The zero-order chi connectivity index (χ0) is 6.91. The van der Waals surface area contributed by atoms with Gasteiger partial charge in [-0.05, 0) is 6.08 Å². The molecule has 1 N–H and O–H groups in total. The fourth-order valence-corrected chi connectivity index (χ4v) is 0.483. The molecule has 0 saturated carbocycles. The van der Waals surface area contributed by atoms with Crippen LogP contribution in [0, 0.1) is 0 Å². The van der Waals surface area contributed by atoms with Crippen molar-refractivity contribution in [2.45, 2.75) is 12.2 Å². The Balaban J connectivity index is 2.53. The molecule has 1 aliphatic heterocycles. The quantitative estimate of drug-likeness (QED) is 0.518. The normalized spacial score (nSPS) is 26.3. The van der Waals surface area contributed by atoms with Gasteiger partial charge in [-0.2, -0.15) is 13.2 Å². The van der Waals surface area contributed by atoms with E-state index in [-0.39, 0.29) is 0 Å². The van der Waals surface area contributed by atoms with E-state index in [9.17, 15) is 13.2 Å². The summed E-state index contributed by atoms with van der Waals surface area (Å²) in [7, 11) is 0. The summed E-state index contributed by atoms with van der Waals surface area (Å²) in [5.41, 5.74) is 5.12. The monoisotopic (exact) mass is 137 g/mol. The third-order valence-corrected chi connectivity index (χ3v) is 0.902. The summed E-state index contributed by atoms with van der Waals surface area (Å²) in [6, 6.07) is -1.66. The van der Waals surface area contributed by atoms with Gasteiger partial charge in [0.25, 0.3) is 0 Å². The Morgan fingerprint density at radius 1 is 1.44 bits per heavy atom. The van der Waals surface area contributed by atoms with Gasteiger partial charge in [0.05, 0.1) is 0 Å². The van der Waals surface area contributed by atoms with E-state index in [0.29, 0.717) is 0 Å². The van der Waals surface area contributed by atoms with E-state index < -0.39 is 12.2 Å². The smallest absolute Gasteiger partial charge is 0.311 e. The molecule has 0 fully saturated rings. The summed E-state index contributed by atoms with van der Waals surface area (Å²) in [5.74, 6) is 0. The van der Waals surface area contributed by atoms with E-state index in [1.807, 2.05) is 0 Å². The van der Waals surface area contributed by atoms with Crippen molar-refractivity contribution in [2.75, 3.05) is 0 Å². The Hall–Kier alpha value is -0.710. The van der Waals surface area contributed by atoms with Crippen LogP contribution in [0.1, 0.15) is 0 Å². The second kappa shape index (κ2) is 1.91. The lowest BCUT2D eigenvalue weighted by Gasteiger charge is -2.09. The lowest BCUT2D eigenvalue weighted by atomic mass is 10.3. The molecular formula is C4H4F3N2. The van der Waals surface area contributed by atoms with Crippen LogP contribution in [0.15, 0.2) is 12.3 Å². The highest BCUT2D eigenvalue weighted by atomic mass is 19.4. The van der Waals surface area contributed by atoms with Gasteiger partial charge in [0.15, 0.2) is 6.04 Å². The van der Waals surface area contributed by atoms with Crippen LogP contribution in [0.25, 0.3) is 0 Å². The first kappa shape index (κ1) is 6.41. The number of rotatable bonds is 0. The Morgan fingerprint density at radius 2 is 2.11 bits per heavy atom. The SMILES string of the molecule is FC(F)(F)C1C=CN[N]1. The number of hydrogen-bond donors (Lipinski definition) is 1. The summed E-state index contributed by atoms with van der Waals surface area (Å²) >= 11 is 0. The zero-order valence-electron chi connectivity index (χ0n) is 4.31. The van der Waals surface area contributed by atoms with Gasteiger partial charge in [0, 0.05) is 6.20 Å². The molecule has 1 unspecified atom stereocenters. The highest BCUT2D eigenvalue weighted by Gasteiger charge is 2.40. The van der Waals surface area contributed by atoms with Crippen molar-refractivity contribution in [3.8, 4) is 0 Å². The number of alkyl halides is 3. The molecule has 0 aliphatic carbocycles. The van der Waals surface area contributed by atoms with E-state index in [4.69, 9.17) is 0 Å². The van der Waals surface area contributed by atoms with Crippen LogP contribution in [0.4, 0.5) is 13.2 Å². The molecule has 0 bridgehead atoms.